The highest BCUT2D eigenvalue weighted by atomic mass is 16.1. The molecule has 0 amide bonds. The summed E-state index contributed by atoms with van der Waals surface area (Å²) < 4.78 is 0. The Labute approximate surface area is 90.9 Å². The SMILES string of the molecule is Cc1cccc(CCN2CCC(=O)C2)c1. The summed E-state index contributed by atoms with van der Waals surface area (Å²) in [5, 5.41) is 0. The zero-order valence-electron chi connectivity index (χ0n) is 9.20. The van der Waals surface area contributed by atoms with E-state index in [1.807, 2.05) is 0 Å². The van der Waals surface area contributed by atoms with Crippen LogP contribution in [0.5, 0.6) is 0 Å². The van der Waals surface area contributed by atoms with Crippen molar-refractivity contribution >= 4 is 5.78 Å². The van der Waals surface area contributed by atoms with Crippen molar-refractivity contribution in [3.63, 3.8) is 0 Å². The summed E-state index contributed by atoms with van der Waals surface area (Å²) in [6.45, 7) is 4.73. The van der Waals surface area contributed by atoms with Gasteiger partial charge in [-0.3, -0.25) is 9.69 Å². The van der Waals surface area contributed by atoms with Gasteiger partial charge in [0.25, 0.3) is 0 Å². The maximum atomic E-state index is 11.1. The molecule has 1 aromatic carbocycles. The van der Waals surface area contributed by atoms with Gasteiger partial charge in [-0.2, -0.15) is 0 Å². The highest BCUT2D eigenvalue weighted by Gasteiger charge is 2.18. The molecule has 0 aromatic heterocycles. The summed E-state index contributed by atoms with van der Waals surface area (Å²) in [4.78, 5) is 13.3. The molecule has 80 valence electrons. The summed E-state index contributed by atoms with van der Waals surface area (Å²) in [6, 6.07) is 8.59. The number of carbonyl (C=O) groups excluding carboxylic acids is 1. The molecule has 2 nitrogen and oxygen atoms in total. The van der Waals surface area contributed by atoms with Gasteiger partial charge < -0.3 is 0 Å². The van der Waals surface area contributed by atoms with E-state index in [0.717, 1.165) is 25.9 Å². The van der Waals surface area contributed by atoms with Crippen molar-refractivity contribution in [3.8, 4) is 0 Å². The number of carbonyl (C=O) groups is 1. The molecule has 0 atom stereocenters. The first kappa shape index (κ1) is 10.4. The van der Waals surface area contributed by atoms with Gasteiger partial charge in [0.05, 0.1) is 6.54 Å². The molecular weight excluding hydrogens is 186 g/mol. The van der Waals surface area contributed by atoms with Crippen LogP contribution in [-0.2, 0) is 11.2 Å². The van der Waals surface area contributed by atoms with Gasteiger partial charge in [-0.25, -0.2) is 0 Å². The lowest BCUT2D eigenvalue weighted by Gasteiger charge is -2.13. The standard InChI is InChI=1S/C13H17NO/c1-11-3-2-4-12(9-11)5-7-14-8-6-13(15)10-14/h2-4,9H,5-8,10H2,1H3. The van der Waals surface area contributed by atoms with E-state index in [0.29, 0.717) is 12.3 Å². The third-order valence-electron chi connectivity index (χ3n) is 2.91. The fourth-order valence-corrected chi connectivity index (χ4v) is 2.04. The van der Waals surface area contributed by atoms with Gasteiger partial charge in [-0.05, 0) is 18.9 Å². The maximum Gasteiger partial charge on any atom is 0.148 e. The van der Waals surface area contributed by atoms with Gasteiger partial charge in [0.2, 0.25) is 0 Å². The molecule has 1 heterocycles. The average Bonchev–Trinajstić information content (AvgIpc) is 2.62. The summed E-state index contributed by atoms with van der Waals surface area (Å²) in [6.07, 6.45) is 1.79. The molecule has 0 aliphatic carbocycles. The molecule has 0 saturated carbocycles. The van der Waals surface area contributed by atoms with Gasteiger partial charge in [-0.15, -0.1) is 0 Å². The van der Waals surface area contributed by atoms with E-state index in [-0.39, 0.29) is 0 Å². The van der Waals surface area contributed by atoms with Crippen molar-refractivity contribution in [2.75, 3.05) is 19.6 Å². The van der Waals surface area contributed by atoms with Crippen LogP contribution < -0.4 is 0 Å². The second-order valence-corrected chi connectivity index (χ2v) is 4.30. The molecule has 1 aromatic rings. The monoisotopic (exact) mass is 203 g/mol. The second-order valence-electron chi connectivity index (χ2n) is 4.30. The average molecular weight is 203 g/mol. The lowest BCUT2D eigenvalue weighted by atomic mass is 10.1. The molecule has 15 heavy (non-hydrogen) atoms. The van der Waals surface area contributed by atoms with E-state index in [1.165, 1.54) is 11.1 Å². The lowest BCUT2D eigenvalue weighted by molar-refractivity contribution is -0.116. The van der Waals surface area contributed by atoms with Crippen LogP contribution in [0.2, 0.25) is 0 Å². The van der Waals surface area contributed by atoms with Crippen LogP contribution >= 0.6 is 0 Å². The summed E-state index contributed by atoms with van der Waals surface area (Å²) in [5.41, 5.74) is 2.68. The first-order chi connectivity index (χ1) is 7.24. The van der Waals surface area contributed by atoms with Crippen molar-refractivity contribution in [2.45, 2.75) is 19.8 Å². The van der Waals surface area contributed by atoms with Gasteiger partial charge in [-0.1, -0.05) is 29.8 Å². The van der Waals surface area contributed by atoms with Crippen LogP contribution in [-0.4, -0.2) is 30.3 Å². The van der Waals surface area contributed by atoms with E-state index >= 15 is 0 Å². The van der Waals surface area contributed by atoms with Crippen LogP contribution in [0.15, 0.2) is 24.3 Å². The third-order valence-corrected chi connectivity index (χ3v) is 2.91. The topological polar surface area (TPSA) is 20.3 Å². The molecule has 0 N–H and O–H groups in total. The van der Waals surface area contributed by atoms with E-state index in [1.54, 1.807) is 0 Å². The predicted molar refractivity (Wildman–Crippen MR) is 60.9 cm³/mol. The van der Waals surface area contributed by atoms with Gasteiger partial charge in [0.1, 0.15) is 5.78 Å². The van der Waals surface area contributed by atoms with E-state index in [2.05, 4.69) is 36.1 Å². The Hall–Kier alpha value is -1.15. The lowest BCUT2D eigenvalue weighted by Crippen LogP contribution is -2.23. The normalized spacial score (nSPS) is 17.3. The third kappa shape index (κ3) is 2.90. The molecule has 0 bridgehead atoms. The Morgan fingerprint density at radius 2 is 2.27 bits per heavy atom. The molecule has 0 spiro atoms. The smallest absolute Gasteiger partial charge is 0.148 e. The molecule has 1 saturated heterocycles. The fourth-order valence-electron chi connectivity index (χ4n) is 2.04. The van der Waals surface area contributed by atoms with Crippen LogP contribution in [0.1, 0.15) is 17.5 Å². The highest BCUT2D eigenvalue weighted by Crippen LogP contribution is 2.08. The van der Waals surface area contributed by atoms with Crippen molar-refractivity contribution in [2.24, 2.45) is 0 Å². The number of rotatable bonds is 3. The Kier molecular flexibility index (Phi) is 3.17. The number of likely N-dealkylation sites (tertiary alicyclic amines) is 1. The number of hydrogen-bond donors (Lipinski definition) is 0. The summed E-state index contributed by atoms with van der Waals surface area (Å²) in [7, 11) is 0. The Morgan fingerprint density at radius 1 is 1.40 bits per heavy atom. The summed E-state index contributed by atoms with van der Waals surface area (Å²) >= 11 is 0. The van der Waals surface area contributed by atoms with Crippen LogP contribution in [0.25, 0.3) is 0 Å². The first-order valence-corrected chi connectivity index (χ1v) is 5.53. The molecule has 2 heteroatoms. The van der Waals surface area contributed by atoms with Gasteiger partial charge in [0, 0.05) is 19.5 Å². The fraction of sp³-hybridized carbons (Fsp3) is 0.462. The number of hydrogen-bond acceptors (Lipinski definition) is 2. The zero-order valence-corrected chi connectivity index (χ0v) is 9.20. The number of aryl methyl sites for hydroxylation is 1. The van der Waals surface area contributed by atoms with E-state index in [4.69, 9.17) is 0 Å². The molecule has 2 rings (SSSR count). The molecule has 1 aliphatic heterocycles. The zero-order chi connectivity index (χ0) is 10.7. The predicted octanol–water partition coefficient (Wildman–Crippen LogP) is 1.81. The van der Waals surface area contributed by atoms with Gasteiger partial charge in [0.15, 0.2) is 0 Å². The first-order valence-electron chi connectivity index (χ1n) is 5.53. The van der Waals surface area contributed by atoms with Crippen LogP contribution in [0.4, 0.5) is 0 Å². The number of ketones is 1. The molecule has 1 fully saturated rings. The minimum atomic E-state index is 0.388. The Bertz CT molecular complexity index is 359. The van der Waals surface area contributed by atoms with Crippen molar-refractivity contribution in [1.29, 1.82) is 0 Å². The van der Waals surface area contributed by atoms with Crippen LogP contribution in [0, 0.1) is 6.92 Å². The van der Waals surface area contributed by atoms with Crippen molar-refractivity contribution in [3.05, 3.63) is 35.4 Å². The van der Waals surface area contributed by atoms with Gasteiger partial charge >= 0.3 is 0 Å². The molecule has 0 radical (unpaired) electrons. The largest absolute Gasteiger partial charge is 0.298 e. The Balaban J connectivity index is 1.85. The molecule has 1 aliphatic rings. The van der Waals surface area contributed by atoms with Crippen LogP contribution in [0.3, 0.4) is 0 Å². The van der Waals surface area contributed by atoms with E-state index in [9.17, 15) is 4.79 Å². The van der Waals surface area contributed by atoms with Crippen molar-refractivity contribution in [1.82, 2.24) is 4.90 Å². The minimum Gasteiger partial charge on any atom is -0.298 e. The number of nitrogens with zero attached hydrogens (tertiary/aromatic N) is 1. The highest BCUT2D eigenvalue weighted by molar-refractivity contribution is 5.82. The maximum absolute atomic E-state index is 11.1. The molecular formula is C13H17NO. The quantitative estimate of drug-likeness (QED) is 0.746. The number of Topliss-reactive ketones (excluding diaryl/α,β-unsaturated/α-hetero) is 1. The number of benzene rings is 1. The molecule has 0 unspecified atom stereocenters. The van der Waals surface area contributed by atoms with E-state index < -0.39 is 0 Å². The van der Waals surface area contributed by atoms with Crippen molar-refractivity contribution < 1.29 is 4.79 Å². The minimum absolute atomic E-state index is 0.388. The Morgan fingerprint density at radius 3 is 2.93 bits per heavy atom. The second kappa shape index (κ2) is 4.58. The summed E-state index contributed by atoms with van der Waals surface area (Å²) in [5.74, 6) is 0.388.